The van der Waals surface area contributed by atoms with Crippen molar-refractivity contribution in [1.82, 2.24) is 4.90 Å². The number of methoxy groups -OCH3 is 2. The molecule has 0 fully saturated rings. The second kappa shape index (κ2) is 7.62. The van der Waals surface area contributed by atoms with Crippen LogP contribution in [0.5, 0.6) is 0 Å². The molecule has 0 aromatic rings. The van der Waals surface area contributed by atoms with Gasteiger partial charge in [-0.25, -0.2) is 0 Å². The maximum absolute atomic E-state index is 11.1. The number of rotatable bonds is 7. The van der Waals surface area contributed by atoms with E-state index in [2.05, 4.69) is 4.74 Å². The summed E-state index contributed by atoms with van der Waals surface area (Å²) in [5.74, 6) is -0.298. The highest BCUT2D eigenvalue weighted by atomic mass is 16.5. The normalized spacial score (nSPS) is 13.3. The first-order chi connectivity index (χ1) is 7.01. The highest BCUT2D eigenvalue weighted by molar-refractivity contribution is 5.71. The van der Waals surface area contributed by atoms with Gasteiger partial charge in [0.2, 0.25) is 0 Å². The maximum atomic E-state index is 11.1. The lowest BCUT2D eigenvalue weighted by Gasteiger charge is -2.27. The van der Waals surface area contributed by atoms with Gasteiger partial charge in [-0.1, -0.05) is 0 Å². The van der Waals surface area contributed by atoms with E-state index in [1.54, 1.807) is 0 Å². The van der Waals surface area contributed by atoms with E-state index >= 15 is 0 Å². The van der Waals surface area contributed by atoms with Gasteiger partial charge in [0.15, 0.2) is 0 Å². The summed E-state index contributed by atoms with van der Waals surface area (Å²) in [7, 11) is 2.88. The van der Waals surface area contributed by atoms with Gasteiger partial charge in [0.1, 0.15) is 0 Å². The molecule has 0 spiro atoms. The third-order valence-corrected chi connectivity index (χ3v) is 2.09. The van der Waals surface area contributed by atoms with Crippen LogP contribution in [0.15, 0.2) is 0 Å². The van der Waals surface area contributed by atoms with E-state index in [1.165, 1.54) is 14.2 Å². The number of esters is 1. The van der Waals surface area contributed by atoms with Crippen LogP contribution in [0, 0.1) is 0 Å². The molecule has 0 heterocycles. The fraction of sp³-hybridized carbons (Fsp3) is 0.900. The molecule has 15 heavy (non-hydrogen) atoms. The minimum absolute atomic E-state index is 0.176. The van der Waals surface area contributed by atoms with Crippen molar-refractivity contribution in [2.45, 2.75) is 26.0 Å². The minimum atomic E-state index is -0.581. The van der Waals surface area contributed by atoms with Crippen LogP contribution in [-0.4, -0.2) is 62.0 Å². The van der Waals surface area contributed by atoms with Gasteiger partial charge in [0, 0.05) is 19.7 Å². The molecular formula is C10H21NO4. The van der Waals surface area contributed by atoms with Crippen LogP contribution in [0.25, 0.3) is 0 Å². The van der Waals surface area contributed by atoms with Crippen LogP contribution in [0.3, 0.4) is 0 Å². The van der Waals surface area contributed by atoms with Crippen LogP contribution < -0.4 is 0 Å². The molecule has 5 heteroatoms. The highest BCUT2D eigenvalue weighted by Gasteiger charge is 2.17. The van der Waals surface area contributed by atoms with Crippen molar-refractivity contribution >= 4 is 5.97 Å². The first-order valence-electron chi connectivity index (χ1n) is 4.99. The number of aliphatic hydroxyl groups is 1. The third-order valence-electron chi connectivity index (χ3n) is 2.09. The van der Waals surface area contributed by atoms with E-state index in [0.717, 1.165) is 0 Å². The highest BCUT2D eigenvalue weighted by Crippen LogP contribution is 2.01. The van der Waals surface area contributed by atoms with E-state index in [-0.39, 0.29) is 25.2 Å². The van der Waals surface area contributed by atoms with E-state index in [4.69, 9.17) is 4.74 Å². The molecule has 0 aliphatic rings. The second-order valence-electron chi connectivity index (χ2n) is 3.71. The van der Waals surface area contributed by atoms with Crippen molar-refractivity contribution in [3.05, 3.63) is 0 Å². The maximum Gasteiger partial charge on any atom is 0.319 e. The molecule has 0 saturated heterocycles. The summed E-state index contributed by atoms with van der Waals surface area (Å²) in [6.07, 6.45) is -0.581. The summed E-state index contributed by atoms with van der Waals surface area (Å²) in [5, 5.41) is 9.54. The summed E-state index contributed by atoms with van der Waals surface area (Å²) < 4.78 is 9.40. The molecule has 5 nitrogen and oxygen atoms in total. The number of carbonyl (C=O) groups excluding carboxylic acids is 1. The average Bonchev–Trinajstić information content (AvgIpc) is 2.16. The van der Waals surface area contributed by atoms with E-state index in [0.29, 0.717) is 6.54 Å². The smallest absolute Gasteiger partial charge is 0.319 e. The van der Waals surface area contributed by atoms with Gasteiger partial charge < -0.3 is 14.6 Å². The Labute approximate surface area is 91.0 Å². The van der Waals surface area contributed by atoms with Crippen molar-refractivity contribution < 1.29 is 19.4 Å². The Morgan fingerprint density at radius 2 is 2.00 bits per heavy atom. The largest absolute Gasteiger partial charge is 0.468 e. The molecule has 90 valence electrons. The number of nitrogens with zero attached hydrogens (tertiary/aromatic N) is 1. The monoisotopic (exact) mass is 219 g/mol. The van der Waals surface area contributed by atoms with Crippen LogP contribution in [0.2, 0.25) is 0 Å². The van der Waals surface area contributed by atoms with Crippen LogP contribution >= 0.6 is 0 Å². The fourth-order valence-electron chi connectivity index (χ4n) is 1.20. The van der Waals surface area contributed by atoms with Crippen molar-refractivity contribution in [3.8, 4) is 0 Å². The number of ether oxygens (including phenoxy) is 2. The number of carbonyl (C=O) groups is 1. The molecule has 0 aromatic heterocycles. The first-order valence-corrected chi connectivity index (χ1v) is 4.99. The molecule has 0 aliphatic heterocycles. The Bertz CT molecular complexity index is 184. The standard InChI is InChI=1S/C10H21NO4/c1-8(2)11(6-10(13)15-4)5-9(12)7-14-3/h8-9,12H,5-7H2,1-4H3. The van der Waals surface area contributed by atoms with Crippen molar-refractivity contribution in [1.29, 1.82) is 0 Å². The Morgan fingerprint density at radius 3 is 2.40 bits per heavy atom. The lowest BCUT2D eigenvalue weighted by Crippen LogP contribution is -2.42. The zero-order valence-electron chi connectivity index (χ0n) is 9.90. The number of aliphatic hydroxyl groups excluding tert-OH is 1. The molecule has 0 rings (SSSR count). The predicted molar refractivity (Wildman–Crippen MR) is 56.6 cm³/mol. The predicted octanol–water partition coefficient (Wildman–Crippen LogP) is -0.123. The summed E-state index contributed by atoms with van der Waals surface area (Å²) in [5.41, 5.74) is 0. The fourth-order valence-corrected chi connectivity index (χ4v) is 1.20. The minimum Gasteiger partial charge on any atom is -0.468 e. The second-order valence-corrected chi connectivity index (χ2v) is 3.71. The molecule has 1 atom stereocenters. The summed E-state index contributed by atoms with van der Waals surface area (Å²) in [6, 6.07) is 0.176. The summed E-state index contributed by atoms with van der Waals surface area (Å²) >= 11 is 0. The van der Waals surface area contributed by atoms with Gasteiger partial charge in [-0.05, 0) is 13.8 Å². The molecule has 0 aliphatic carbocycles. The van der Waals surface area contributed by atoms with Gasteiger partial charge in [-0.15, -0.1) is 0 Å². The van der Waals surface area contributed by atoms with Crippen molar-refractivity contribution in [2.24, 2.45) is 0 Å². The Hall–Kier alpha value is -0.650. The molecule has 0 saturated carbocycles. The van der Waals surface area contributed by atoms with E-state index in [9.17, 15) is 9.90 Å². The van der Waals surface area contributed by atoms with Crippen LogP contribution in [0.1, 0.15) is 13.8 Å². The van der Waals surface area contributed by atoms with Crippen LogP contribution in [-0.2, 0) is 14.3 Å². The Kier molecular flexibility index (Phi) is 7.29. The van der Waals surface area contributed by atoms with E-state index in [1.807, 2.05) is 18.7 Å². The molecule has 1 N–H and O–H groups in total. The molecule has 0 aromatic carbocycles. The lowest BCUT2D eigenvalue weighted by molar-refractivity contribution is -0.142. The molecule has 0 bridgehead atoms. The average molecular weight is 219 g/mol. The summed E-state index contributed by atoms with van der Waals surface area (Å²) in [6.45, 7) is 4.78. The van der Waals surface area contributed by atoms with E-state index < -0.39 is 6.10 Å². The molecular weight excluding hydrogens is 198 g/mol. The Morgan fingerprint density at radius 1 is 1.40 bits per heavy atom. The van der Waals surface area contributed by atoms with Crippen LogP contribution in [0.4, 0.5) is 0 Å². The first kappa shape index (κ1) is 14.3. The summed E-state index contributed by atoms with van der Waals surface area (Å²) in [4.78, 5) is 12.9. The number of hydrogen-bond donors (Lipinski definition) is 1. The SMILES string of the molecule is COCC(O)CN(CC(=O)OC)C(C)C. The molecule has 0 radical (unpaired) electrons. The lowest BCUT2D eigenvalue weighted by atomic mass is 10.2. The van der Waals surface area contributed by atoms with Gasteiger partial charge in [0.25, 0.3) is 0 Å². The molecule has 0 amide bonds. The zero-order valence-corrected chi connectivity index (χ0v) is 9.90. The van der Waals surface area contributed by atoms with Gasteiger partial charge in [-0.2, -0.15) is 0 Å². The van der Waals surface area contributed by atoms with Crippen molar-refractivity contribution in [2.75, 3.05) is 33.9 Å². The number of hydrogen-bond acceptors (Lipinski definition) is 5. The van der Waals surface area contributed by atoms with Gasteiger partial charge >= 0.3 is 5.97 Å². The Balaban J connectivity index is 4.09. The van der Waals surface area contributed by atoms with Gasteiger partial charge in [-0.3, -0.25) is 9.69 Å². The van der Waals surface area contributed by atoms with Gasteiger partial charge in [0.05, 0.1) is 26.4 Å². The van der Waals surface area contributed by atoms with Crippen molar-refractivity contribution in [3.63, 3.8) is 0 Å². The topological polar surface area (TPSA) is 59.0 Å². The zero-order chi connectivity index (χ0) is 11.8. The molecule has 1 unspecified atom stereocenters. The third kappa shape index (κ3) is 6.43. The quantitative estimate of drug-likeness (QED) is 0.605.